The number of rotatable bonds is 28. The molecule has 0 aromatic heterocycles. The number of ether oxygens (including phenoxy) is 12. The molecule has 6 aromatic rings. The third kappa shape index (κ3) is 25.7. The molecule has 12 heterocycles. The van der Waals surface area contributed by atoms with Crippen molar-refractivity contribution < 1.29 is 205 Å². The van der Waals surface area contributed by atoms with E-state index in [1.54, 1.807) is 14.7 Å². The van der Waals surface area contributed by atoms with Crippen LogP contribution in [-0.4, -0.2) is 227 Å². The number of nitrogens with zero attached hydrogens (tertiary/aromatic N) is 6. The lowest BCUT2D eigenvalue weighted by Crippen LogP contribution is -2.46. The Kier molecular flexibility index (Phi) is 15.3. The van der Waals surface area contributed by atoms with Crippen LogP contribution in [0.4, 0.5) is 0 Å². The lowest BCUT2D eigenvalue weighted by Gasteiger charge is -2.43. The minimum Gasteiger partial charge on any atom is -0.493 e. The van der Waals surface area contributed by atoms with E-state index in [4.69, 9.17) is 175 Å². The predicted molar refractivity (Wildman–Crippen MR) is 559 cm³/mol. The standard InChI is InChI=1S/4C20H29NO3.2C19H27NO3/c4*1-5-13(2)8-15-12-21-7-6-14-9-19(23-3)20(24-4)10-16(14)17(21)11-18(15)22;2*1-12(2)7-14-11-20-6-5-13-8-18(22-3)19(23-4)9-15(13)16(20)10-17(14)21/h4*9-10,13,15,17H,5-8,11-12H2,1-4H3;2*8-9,12,14,16H,5-7,10-11H2,1-4H3/i2D3,3D3,5D2,6D2,7D2,8D2,9D,10D,11D2,12D2,13D,15D,17D;2D3,3D3,4D3,5D2,8D2,11D2,13D,15D;2D3,3D3,4D3,5D2,8D2,12D2,13D;2D3,3D3,4D3,5D2,8D2,13D;3D3,4D3,10D2,14D;3D3,4D3,11D2. The zero-order chi connectivity index (χ0) is 177. The van der Waals surface area contributed by atoms with Gasteiger partial charge in [0.15, 0.2) is 69.0 Å². The number of hydrogen-bond acceptors (Lipinski definition) is 24. The van der Waals surface area contributed by atoms with E-state index in [0.29, 0.717) is 92.1 Å². The van der Waals surface area contributed by atoms with Crippen LogP contribution < -0.4 is 56.8 Å². The van der Waals surface area contributed by atoms with Crippen molar-refractivity contribution in [3.8, 4) is 69.0 Å². The van der Waals surface area contributed by atoms with E-state index in [0.717, 1.165) is 37.1 Å². The molecule has 6 fully saturated rings. The van der Waals surface area contributed by atoms with E-state index in [-0.39, 0.29) is 140 Å². The van der Waals surface area contributed by atoms with Crippen molar-refractivity contribution in [2.24, 2.45) is 70.8 Å². The SMILES string of the molecule is [2H]C([2H])([2H])Oc1cc2c(cc1OC([2H])([2H])[2H])C1CC(=O)C(C([2H])([2H])C([2H])(C([2H])([2H])[2H])C([2H])([2H])C)C([2H])([2H])N1CC2.[2H]C([2H])([2H])Oc1cc2c(cc1OC([2H])([2H])[2H])C1CC(=O)C(C([2H])([2H])C([2H])(C([2H])([2H])[2H])C([2H])([2H])C)CN1CC2.[2H]C([2H])([2H])Oc1cc2c(cc1OC([2H])([2H])[2H])C1CC(=O)C(CC(C)C)C([2H])([2H])N1CC2.[2H]C([2H])([2H])Oc1cc2c(cc1OC([2H])([2H])[2H])C1N(CC2)CC([2H])(C([2H])([2H])C([2H])(C([2H])([2H])[2H])C([2H])([2H])C)C(=O)C1([2H])[2H].[2H]C([2H])([2H])Oc1cc2c(cc1OC([2H])([2H])[2H])C1N(CC2)CC([2H])(CC(C)C)C(=O)C1([2H])[2H].[2H]c1c(OC([2H])([2H])[2H])c(OC)c([2H])c2c1C([2H])([2H])C([2H])([2H])N1C([2H])([2H])C([2H])(C([2H])([2H])C([2H])(C([2H])([2H])[2H])C([2H])([2H])C)C(=O)C([2H])([2H])C21[2H]. The van der Waals surface area contributed by atoms with Crippen molar-refractivity contribution in [2.45, 2.75) is 260 Å². The highest BCUT2D eigenvalue weighted by Crippen LogP contribution is 2.51. The third-order valence-corrected chi connectivity index (χ3v) is 25.3. The number of ketones is 6. The molecule has 16 unspecified atom stereocenters. The lowest BCUT2D eigenvalue weighted by atomic mass is 9.79. The summed E-state index contributed by atoms with van der Waals surface area (Å²) in [5.74, 6) is -42.2. The fourth-order valence-electron chi connectivity index (χ4n) is 18.4. The first kappa shape index (κ1) is 42.9. The molecule has 0 bridgehead atoms. The second-order valence-corrected chi connectivity index (χ2v) is 34.9. The highest BCUT2D eigenvalue weighted by atomic mass is 16.5. The number of hydrogen-bond donors (Lipinski definition) is 0. The van der Waals surface area contributed by atoms with Crippen LogP contribution in [0, 0.1) is 70.8 Å². The summed E-state index contributed by atoms with van der Waals surface area (Å²) in [6.07, 6.45) is -40.5. The van der Waals surface area contributed by atoms with Crippen molar-refractivity contribution in [2.75, 3.05) is 163 Å². The van der Waals surface area contributed by atoms with Gasteiger partial charge in [0.2, 0.25) is 0 Å². The summed E-state index contributed by atoms with van der Waals surface area (Å²) in [5, 5.41) is 0. The second-order valence-electron chi connectivity index (χ2n) is 34.9. The molecule has 780 valence electrons. The normalized spacial score (nSPS) is 41.7. The quantitative estimate of drug-likeness (QED) is 0.0444. The monoisotopic (exact) mass is 2050 g/mol. The highest BCUT2D eigenvalue weighted by Gasteiger charge is 2.47. The molecule has 0 amide bonds. The first-order chi connectivity index (χ1) is 101. The molecular formula is C118H170N6O18. The first-order valence-electron chi connectivity index (χ1n) is 88.4. The Bertz CT molecular complexity index is 9280. The molecule has 16 atom stereocenters. The van der Waals surface area contributed by atoms with Crippen molar-refractivity contribution >= 4 is 34.7 Å². The smallest absolute Gasteiger partial charge is 0.161 e. The van der Waals surface area contributed by atoms with Crippen LogP contribution in [0.1, 0.15) is 407 Å². The Balaban J connectivity index is 0.000000218. The average Bonchev–Trinajstić information content (AvgIpc) is 0.630. The molecule has 12 aliphatic heterocycles. The van der Waals surface area contributed by atoms with Crippen LogP contribution in [-0.2, 0) is 67.2 Å². The van der Waals surface area contributed by atoms with Crippen LogP contribution in [0.5, 0.6) is 69.0 Å². The van der Waals surface area contributed by atoms with Crippen LogP contribution in [0.2, 0.25) is 0 Å². The van der Waals surface area contributed by atoms with Gasteiger partial charge in [0, 0.05) is 258 Å². The van der Waals surface area contributed by atoms with Gasteiger partial charge in [-0.3, -0.25) is 58.2 Å². The Labute approximate surface area is 971 Å². The van der Waals surface area contributed by atoms with Gasteiger partial charge in [0.1, 0.15) is 34.7 Å². The molecule has 24 nitrogen and oxygen atoms in total. The summed E-state index contributed by atoms with van der Waals surface area (Å²) in [5.41, 5.74) is 0.988. The van der Waals surface area contributed by atoms with E-state index < -0.39 is 407 Å². The molecular weight excluding hydrogens is 1790 g/mol. The van der Waals surface area contributed by atoms with Crippen molar-refractivity contribution in [3.63, 3.8) is 0 Å². The topological polar surface area (TPSA) is 233 Å². The molecule has 0 saturated carbocycles. The van der Waals surface area contributed by atoms with Gasteiger partial charge in [0.05, 0.1) is 134 Å². The molecule has 0 aliphatic carbocycles. The van der Waals surface area contributed by atoms with Gasteiger partial charge in [-0.2, -0.15) is 0 Å². The zero-order valence-corrected chi connectivity index (χ0v) is 78.8. The maximum atomic E-state index is 14.1. The number of piperidine rings is 6. The van der Waals surface area contributed by atoms with Gasteiger partial charge in [-0.1, -0.05) is 108 Å². The average molecular weight is 2050 g/mol. The Morgan fingerprint density at radius 1 is 0.338 bits per heavy atom. The minimum atomic E-state index is -4.69. The number of Topliss-reactive ketones (excluding diaryl/α,β-unsaturated/α-hetero) is 6. The van der Waals surface area contributed by atoms with Crippen molar-refractivity contribution in [1.82, 2.24) is 29.4 Å². The Hall–Kier alpha value is -9.30. The summed E-state index contributed by atoms with van der Waals surface area (Å²) in [6.45, 7) is -18.8. The molecule has 0 spiro atoms. The molecule has 0 N–H and O–H groups in total. The number of benzene rings is 6. The van der Waals surface area contributed by atoms with Crippen LogP contribution in [0.25, 0.3) is 0 Å². The van der Waals surface area contributed by atoms with Crippen LogP contribution in [0.15, 0.2) is 72.7 Å². The third-order valence-electron chi connectivity index (χ3n) is 25.3. The Morgan fingerprint density at radius 2 is 0.662 bits per heavy atom. The van der Waals surface area contributed by atoms with Gasteiger partial charge in [0.25, 0.3) is 0 Å². The lowest BCUT2D eigenvalue weighted by molar-refractivity contribution is -0.130. The largest absolute Gasteiger partial charge is 0.493 e. The van der Waals surface area contributed by atoms with E-state index in [1.807, 2.05) is 27.7 Å². The minimum absolute atomic E-state index is 0.000481. The fourth-order valence-corrected chi connectivity index (χ4v) is 18.4. The zero-order valence-electron chi connectivity index (χ0n) is 166. The summed E-state index contributed by atoms with van der Waals surface area (Å²) < 4.78 is 756. The first-order valence-corrected chi connectivity index (χ1v) is 44.9. The van der Waals surface area contributed by atoms with E-state index >= 15 is 0 Å². The maximum Gasteiger partial charge on any atom is 0.161 e. The summed E-state index contributed by atoms with van der Waals surface area (Å²) in [4.78, 5) is 87.3. The highest BCUT2D eigenvalue weighted by molar-refractivity contribution is 5.86. The van der Waals surface area contributed by atoms with Gasteiger partial charge < -0.3 is 56.8 Å². The van der Waals surface area contributed by atoms with Gasteiger partial charge in [-0.25, -0.2) is 0 Å². The van der Waals surface area contributed by atoms with E-state index in [2.05, 4.69) is 0 Å². The van der Waals surface area contributed by atoms with Gasteiger partial charge >= 0.3 is 0 Å². The molecule has 18 rings (SSSR count). The van der Waals surface area contributed by atoms with Crippen molar-refractivity contribution in [1.29, 1.82) is 0 Å². The molecule has 6 saturated heterocycles. The molecule has 0 radical (unpaired) electrons. The molecule has 24 heteroatoms. The van der Waals surface area contributed by atoms with Crippen LogP contribution >= 0.6 is 0 Å². The second kappa shape index (κ2) is 50.7. The fraction of sp³-hybridized carbons (Fsp3) is 0.644. The maximum absolute atomic E-state index is 14.1. The van der Waals surface area contributed by atoms with E-state index in [1.165, 1.54) is 47.4 Å². The predicted octanol–water partition coefficient (Wildman–Crippen LogP) is 21.0. The number of carbonyl (C=O) groups is 6. The summed E-state index contributed by atoms with van der Waals surface area (Å²) in [7, 11) is -31.9. The van der Waals surface area contributed by atoms with Crippen molar-refractivity contribution in [3.05, 3.63) is 140 Å². The summed E-state index contributed by atoms with van der Waals surface area (Å²) >= 11 is 0. The van der Waals surface area contributed by atoms with Gasteiger partial charge in [-0.15, -0.1) is 0 Å². The van der Waals surface area contributed by atoms with Gasteiger partial charge in [-0.05, 0) is 252 Å². The van der Waals surface area contributed by atoms with Crippen LogP contribution in [0.3, 0.4) is 0 Å². The number of fused-ring (bicyclic) bond motifs is 18. The Morgan fingerprint density at radius 3 is 1.06 bits per heavy atom. The molecule has 6 aromatic carbocycles. The molecule has 142 heavy (non-hydrogen) atoms. The molecule has 12 aliphatic rings. The number of carbonyl (C=O) groups excluding carboxylic acids is 6. The summed E-state index contributed by atoms with van der Waals surface area (Å²) in [6, 6.07) is 0.576. The van der Waals surface area contributed by atoms with E-state index in [9.17, 15) is 30.1 Å². The number of methoxy groups -OCH3 is 12.